The van der Waals surface area contributed by atoms with Crippen molar-refractivity contribution in [3.8, 4) is 5.75 Å². The van der Waals surface area contributed by atoms with Gasteiger partial charge in [0.1, 0.15) is 5.75 Å². The van der Waals surface area contributed by atoms with Crippen molar-refractivity contribution in [2.45, 2.75) is 0 Å². The summed E-state index contributed by atoms with van der Waals surface area (Å²) >= 11 is 3.34. The van der Waals surface area contributed by atoms with Gasteiger partial charge in [0.2, 0.25) is 0 Å². The van der Waals surface area contributed by atoms with Crippen LogP contribution in [0.3, 0.4) is 0 Å². The van der Waals surface area contributed by atoms with Gasteiger partial charge in [0.05, 0.1) is 5.56 Å². The maximum Gasteiger partial charge on any atom is 0.343 e. The first-order valence-electron chi connectivity index (χ1n) is 7.37. The normalized spacial score (nSPS) is 10.7. The van der Waals surface area contributed by atoms with Crippen LogP contribution in [0.25, 0.3) is 12.2 Å². The summed E-state index contributed by atoms with van der Waals surface area (Å²) in [6, 6.07) is 18.3. The predicted molar refractivity (Wildman–Crippen MR) is 98.7 cm³/mol. The average molecular weight is 380 g/mol. The van der Waals surface area contributed by atoms with Crippen molar-refractivity contribution < 1.29 is 9.53 Å². The summed E-state index contributed by atoms with van der Waals surface area (Å²) in [5, 5.41) is 0. The van der Waals surface area contributed by atoms with Gasteiger partial charge in [0, 0.05) is 16.9 Å². The second-order valence-corrected chi connectivity index (χ2v) is 6.00. The van der Waals surface area contributed by atoms with Crippen LogP contribution >= 0.6 is 15.9 Å². The molecule has 0 amide bonds. The molecule has 0 aliphatic carbocycles. The van der Waals surface area contributed by atoms with E-state index in [9.17, 15) is 4.79 Å². The first-order valence-corrected chi connectivity index (χ1v) is 8.16. The molecule has 2 aromatic carbocycles. The Hall–Kier alpha value is -2.72. The number of carbonyl (C=O) groups excluding carboxylic acids is 1. The molecular weight excluding hydrogens is 366 g/mol. The zero-order chi connectivity index (χ0) is 16.8. The van der Waals surface area contributed by atoms with Crippen molar-refractivity contribution in [1.29, 1.82) is 0 Å². The Labute approximate surface area is 148 Å². The molecule has 3 rings (SSSR count). The molecule has 4 heteroatoms. The molecule has 24 heavy (non-hydrogen) atoms. The van der Waals surface area contributed by atoms with Gasteiger partial charge >= 0.3 is 5.97 Å². The van der Waals surface area contributed by atoms with Crippen molar-refractivity contribution >= 4 is 34.1 Å². The third kappa shape index (κ3) is 4.40. The molecule has 1 heterocycles. The first kappa shape index (κ1) is 16.1. The van der Waals surface area contributed by atoms with Crippen LogP contribution in [0.4, 0.5) is 0 Å². The zero-order valence-electron chi connectivity index (χ0n) is 12.7. The molecule has 3 aromatic rings. The molecule has 118 valence electrons. The lowest BCUT2D eigenvalue weighted by Crippen LogP contribution is -2.08. The van der Waals surface area contributed by atoms with Gasteiger partial charge in [-0.15, -0.1) is 0 Å². The van der Waals surface area contributed by atoms with E-state index in [1.165, 1.54) is 0 Å². The summed E-state index contributed by atoms with van der Waals surface area (Å²) in [4.78, 5) is 16.0. The maximum atomic E-state index is 12.1. The number of halogens is 1. The Balaban J connectivity index is 1.65. The smallest absolute Gasteiger partial charge is 0.343 e. The Morgan fingerprint density at radius 3 is 2.04 bits per heavy atom. The molecule has 0 unspecified atom stereocenters. The summed E-state index contributed by atoms with van der Waals surface area (Å²) in [6.07, 6.45) is 7.51. The summed E-state index contributed by atoms with van der Waals surface area (Å²) in [5.74, 6) is 0.145. The molecule has 0 N–H and O–H groups in total. The number of ether oxygens (including phenoxy) is 1. The van der Waals surface area contributed by atoms with Crippen LogP contribution in [-0.4, -0.2) is 11.0 Å². The molecule has 0 fully saturated rings. The number of esters is 1. The molecule has 0 saturated heterocycles. The minimum atomic E-state index is -0.373. The van der Waals surface area contributed by atoms with Crippen LogP contribution in [0.2, 0.25) is 0 Å². The largest absolute Gasteiger partial charge is 0.423 e. The predicted octanol–water partition coefficient (Wildman–Crippen LogP) is 5.23. The number of carbonyl (C=O) groups is 1. The molecule has 0 saturated carbocycles. The van der Waals surface area contributed by atoms with E-state index >= 15 is 0 Å². The molecule has 3 nitrogen and oxygen atoms in total. The highest BCUT2D eigenvalue weighted by molar-refractivity contribution is 9.10. The Morgan fingerprint density at radius 2 is 1.42 bits per heavy atom. The highest BCUT2D eigenvalue weighted by atomic mass is 79.9. The zero-order valence-corrected chi connectivity index (χ0v) is 14.3. The van der Waals surface area contributed by atoms with Crippen molar-refractivity contribution in [1.82, 2.24) is 4.98 Å². The van der Waals surface area contributed by atoms with E-state index in [-0.39, 0.29) is 5.97 Å². The number of benzene rings is 2. The summed E-state index contributed by atoms with van der Waals surface area (Å²) in [5.41, 5.74) is 2.62. The fourth-order valence-electron chi connectivity index (χ4n) is 2.07. The van der Waals surface area contributed by atoms with E-state index in [1.807, 2.05) is 48.6 Å². The van der Waals surface area contributed by atoms with Crippen LogP contribution in [0, 0.1) is 0 Å². The Bertz CT molecular complexity index is 841. The standard InChI is InChI=1S/C20H14BrNO2/c21-18-7-5-17(6-8-18)20(23)24-19-9-3-15(4-10-19)1-2-16-11-13-22-14-12-16/h1-14H/b2-1+. The van der Waals surface area contributed by atoms with E-state index in [0.29, 0.717) is 11.3 Å². The van der Waals surface area contributed by atoms with Crippen LogP contribution < -0.4 is 4.74 Å². The highest BCUT2D eigenvalue weighted by Gasteiger charge is 2.07. The second-order valence-electron chi connectivity index (χ2n) is 5.08. The SMILES string of the molecule is O=C(Oc1ccc(/C=C/c2ccncc2)cc1)c1ccc(Br)cc1. The van der Waals surface area contributed by atoms with Crippen molar-refractivity contribution in [2.75, 3.05) is 0 Å². The van der Waals surface area contributed by atoms with E-state index in [0.717, 1.165) is 15.6 Å². The molecule has 0 bridgehead atoms. The third-order valence-electron chi connectivity index (χ3n) is 3.34. The topological polar surface area (TPSA) is 39.2 Å². The highest BCUT2D eigenvalue weighted by Crippen LogP contribution is 2.17. The fourth-order valence-corrected chi connectivity index (χ4v) is 2.33. The Morgan fingerprint density at radius 1 is 0.833 bits per heavy atom. The van der Waals surface area contributed by atoms with Crippen LogP contribution in [-0.2, 0) is 0 Å². The van der Waals surface area contributed by atoms with Gasteiger partial charge in [0.15, 0.2) is 0 Å². The number of nitrogens with zero attached hydrogens (tertiary/aromatic N) is 1. The lowest BCUT2D eigenvalue weighted by molar-refractivity contribution is 0.0735. The minimum Gasteiger partial charge on any atom is -0.423 e. The molecule has 0 aliphatic rings. The van der Waals surface area contributed by atoms with Crippen LogP contribution in [0.15, 0.2) is 77.5 Å². The van der Waals surface area contributed by atoms with E-state index < -0.39 is 0 Å². The van der Waals surface area contributed by atoms with Gasteiger partial charge in [-0.1, -0.05) is 40.2 Å². The summed E-state index contributed by atoms with van der Waals surface area (Å²) < 4.78 is 6.29. The number of hydrogen-bond donors (Lipinski definition) is 0. The van der Waals surface area contributed by atoms with Crippen LogP contribution in [0.5, 0.6) is 5.75 Å². The van der Waals surface area contributed by atoms with Gasteiger partial charge in [-0.05, 0) is 59.7 Å². The molecule has 0 aliphatic heterocycles. The number of hydrogen-bond acceptors (Lipinski definition) is 3. The quantitative estimate of drug-likeness (QED) is 0.459. The van der Waals surface area contributed by atoms with Gasteiger partial charge < -0.3 is 4.74 Å². The average Bonchev–Trinajstić information content (AvgIpc) is 2.62. The summed E-state index contributed by atoms with van der Waals surface area (Å²) in [7, 11) is 0. The van der Waals surface area contributed by atoms with E-state index in [4.69, 9.17) is 4.74 Å². The van der Waals surface area contributed by atoms with Gasteiger partial charge in [-0.3, -0.25) is 4.98 Å². The van der Waals surface area contributed by atoms with Gasteiger partial charge in [0.25, 0.3) is 0 Å². The minimum absolute atomic E-state index is 0.373. The molecule has 0 atom stereocenters. The van der Waals surface area contributed by atoms with Crippen LogP contribution in [0.1, 0.15) is 21.5 Å². The second kappa shape index (κ2) is 7.70. The first-order chi connectivity index (χ1) is 11.7. The summed E-state index contributed by atoms with van der Waals surface area (Å²) in [6.45, 7) is 0. The number of aromatic nitrogens is 1. The maximum absolute atomic E-state index is 12.1. The van der Waals surface area contributed by atoms with Gasteiger partial charge in [-0.2, -0.15) is 0 Å². The van der Waals surface area contributed by atoms with Crippen molar-refractivity contribution in [2.24, 2.45) is 0 Å². The van der Waals surface area contributed by atoms with Gasteiger partial charge in [-0.25, -0.2) is 4.79 Å². The molecule has 0 spiro atoms. The third-order valence-corrected chi connectivity index (χ3v) is 3.87. The lowest BCUT2D eigenvalue weighted by Gasteiger charge is -2.05. The lowest BCUT2D eigenvalue weighted by atomic mass is 10.1. The van der Waals surface area contributed by atoms with E-state index in [1.54, 1.807) is 36.7 Å². The van der Waals surface area contributed by atoms with Crippen molar-refractivity contribution in [3.63, 3.8) is 0 Å². The van der Waals surface area contributed by atoms with E-state index in [2.05, 4.69) is 20.9 Å². The fraction of sp³-hybridized carbons (Fsp3) is 0. The number of pyridine rings is 1. The monoisotopic (exact) mass is 379 g/mol. The Kier molecular flexibility index (Phi) is 5.18. The van der Waals surface area contributed by atoms with Crippen molar-refractivity contribution in [3.05, 3.63) is 94.2 Å². The molecule has 1 aromatic heterocycles. The molecule has 0 radical (unpaired) electrons. The number of rotatable bonds is 4. The molecular formula is C20H14BrNO2.